The van der Waals surface area contributed by atoms with Gasteiger partial charge in [0.15, 0.2) is 0 Å². The van der Waals surface area contributed by atoms with Gasteiger partial charge in [-0.15, -0.1) is 12.4 Å². The van der Waals surface area contributed by atoms with Crippen LogP contribution in [0.4, 0.5) is 10.1 Å². The summed E-state index contributed by atoms with van der Waals surface area (Å²) in [5.41, 5.74) is 5.05. The molecule has 0 aliphatic heterocycles. The number of aromatic carboxylic acids is 1. The number of rotatable bonds is 1. The van der Waals surface area contributed by atoms with Crippen LogP contribution in [0, 0.1) is 5.82 Å². The van der Waals surface area contributed by atoms with E-state index in [1.807, 2.05) is 0 Å². The second-order valence-electron chi connectivity index (χ2n) is 2.04. The van der Waals surface area contributed by atoms with Gasteiger partial charge in [-0.2, -0.15) is 0 Å². The van der Waals surface area contributed by atoms with Gasteiger partial charge >= 0.3 is 5.97 Å². The second kappa shape index (κ2) is 3.92. The Morgan fingerprint density at radius 3 is 2.50 bits per heavy atom. The minimum atomic E-state index is -1.29. The van der Waals surface area contributed by atoms with Crippen LogP contribution in [0.2, 0.25) is 0 Å². The highest BCUT2D eigenvalue weighted by atomic mass is 35.5. The molecule has 3 N–H and O–H groups in total. The highest BCUT2D eigenvalue weighted by Gasteiger charge is 2.08. The molecule has 0 saturated heterocycles. The van der Waals surface area contributed by atoms with Gasteiger partial charge < -0.3 is 10.8 Å². The first-order valence-corrected chi connectivity index (χ1v) is 2.89. The number of carbonyl (C=O) groups is 1. The first-order valence-electron chi connectivity index (χ1n) is 2.89. The van der Waals surface area contributed by atoms with E-state index in [-0.39, 0.29) is 23.7 Å². The Bertz CT molecular complexity index is 303. The summed E-state index contributed by atoms with van der Waals surface area (Å²) in [5.74, 6) is -2.10. The Labute approximate surface area is 74.4 Å². The summed E-state index contributed by atoms with van der Waals surface area (Å²) in [5, 5.41) is 8.38. The van der Waals surface area contributed by atoms with Crippen molar-refractivity contribution in [2.24, 2.45) is 0 Å². The first kappa shape index (κ1) is 10.7. The predicted octanol–water partition coefficient (Wildman–Crippen LogP) is 1.53. The molecule has 0 fully saturated rings. The Hall–Kier alpha value is -1.29. The number of halogens is 2. The van der Waals surface area contributed by atoms with Gasteiger partial charge in [-0.1, -0.05) is 0 Å². The molecule has 0 aliphatic rings. The molecule has 5 heteroatoms. The monoisotopic (exact) mass is 191 g/mol. The molecule has 0 amide bonds. The molecule has 3 nitrogen and oxygen atoms in total. The summed E-state index contributed by atoms with van der Waals surface area (Å²) in [4.78, 5) is 10.3. The zero-order valence-corrected chi connectivity index (χ0v) is 6.77. The van der Waals surface area contributed by atoms with E-state index >= 15 is 0 Å². The van der Waals surface area contributed by atoms with Crippen LogP contribution in [0.3, 0.4) is 0 Å². The van der Waals surface area contributed by atoms with Crippen molar-refractivity contribution < 1.29 is 14.3 Å². The fourth-order valence-electron chi connectivity index (χ4n) is 0.705. The van der Waals surface area contributed by atoms with Crippen LogP contribution in [-0.4, -0.2) is 11.1 Å². The van der Waals surface area contributed by atoms with Crippen molar-refractivity contribution >= 4 is 24.1 Å². The number of nitrogen functional groups attached to an aromatic ring is 1. The molecule has 0 saturated carbocycles. The van der Waals surface area contributed by atoms with Crippen molar-refractivity contribution in [2.45, 2.75) is 0 Å². The molecular formula is C7H7ClFNO2. The molecule has 12 heavy (non-hydrogen) atoms. The standard InChI is InChI=1S/C7H6FNO2.ClH/c8-6-3-4(9)1-2-5(6)7(10)11;/h1-3H,9H2,(H,10,11);1H. The van der Waals surface area contributed by atoms with Crippen molar-refractivity contribution in [3.05, 3.63) is 29.6 Å². The van der Waals surface area contributed by atoms with Crippen molar-refractivity contribution in [3.63, 3.8) is 0 Å². The molecule has 0 atom stereocenters. The van der Waals surface area contributed by atoms with Gasteiger partial charge in [0.2, 0.25) is 0 Å². The predicted molar refractivity (Wildman–Crippen MR) is 45.0 cm³/mol. The largest absolute Gasteiger partial charge is 0.478 e. The Morgan fingerprint density at radius 1 is 1.50 bits per heavy atom. The summed E-state index contributed by atoms with van der Waals surface area (Å²) >= 11 is 0. The molecule has 0 heterocycles. The number of hydrogen-bond donors (Lipinski definition) is 2. The summed E-state index contributed by atoms with van der Waals surface area (Å²) < 4.78 is 12.6. The Balaban J connectivity index is 0.00000121. The molecule has 1 aromatic carbocycles. The number of anilines is 1. The van der Waals surface area contributed by atoms with E-state index in [2.05, 4.69) is 0 Å². The molecular weight excluding hydrogens is 185 g/mol. The SMILES string of the molecule is Cl.Nc1ccc(C(=O)O)c(F)c1. The number of hydrogen-bond acceptors (Lipinski definition) is 2. The van der Waals surface area contributed by atoms with E-state index < -0.39 is 11.8 Å². The fourth-order valence-corrected chi connectivity index (χ4v) is 0.705. The third-order valence-corrected chi connectivity index (χ3v) is 1.22. The summed E-state index contributed by atoms with van der Waals surface area (Å²) in [7, 11) is 0. The summed E-state index contributed by atoms with van der Waals surface area (Å²) in [6, 6.07) is 3.45. The van der Waals surface area contributed by atoms with Crippen LogP contribution in [0.1, 0.15) is 10.4 Å². The highest BCUT2D eigenvalue weighted by Crippen LogP contribution is 2.10. The van der Waals surface area contributed by atoms with Crippen molar-refractivity contribution in [2.75, 3.05) is 5.73 Å². The summed E-state index contributed by atoms with van der Waals surface area (Å²) in [6.45, 7) is 0. The van der Waals surface area contributed by atoms with Crippen LogP contribution in [-0.2, 0) is 0 Å². The maximum Gasteiger partial charge on any atom is 0.338 e. The molecule has 0 bridgehead atoms. The first-order chi connectivity index (χ1) is 5.11. The van der Waals surface area contributed by atoms with E-state index in [1.54, 1.807) is 0 Å². The van der Waals surface area contributed by atoms with Crippen LogP contribution < -0.4 is 5.73 Å². The average Bonchev–Trinajstić information content (AvgIpc) is 1.85. The minimum Gasteiger partial charge on any atom is -0.478 e. The molecule has 0 aliphatic carbocycles. The Morgan fingerprint density at radius 2 is 2.08 bits per heavy atom. The van der Waals surface area contributed by atoms with Crippen molar-refractivity contribution in [1.82, 2.24) is 0 Å². The summed E-state index contributed by atoms with van der Waals surface area (Å²) in [6.07, 6.45) is 0. The Kier molecular flexibility index (Phi) is 3.50. The van der Waals surface area contributed by atoms with Crippen molar-refractivity contribution in [3.8, 4) is 0 Å². The van der Waals surface area contributed by atoms with Crippen LogP contribution >= 0.6 is 12.4 Å². The van der Waals surface area contributed by atoms with Crippen LogP contribution in [0.15, 0.2) is 18.2 Å². The van der Waals surface area contributed by atoms with Gasteiger partial charge in [0.05, 0.1) is 5.56 Å². The molecule has 0 spiro atoms. The number of benzene rings is 1. The lowest BCUT2D eigenvalue weighted by Gasteiger charge is -1.96. The van der Waals surface area contributed by atoms with E-state index in [9.17, 15) is 9.18 Å². The fraction of sp³-hybridized carbons (Fsp3) is 0. The smallest absolute Gasteiger partial charge is 0.338 e. The van der Waals surface area contributed by atoms with E-state index in [1.165, 1.54) is 6.07 Å². The van der Waals surface area contributed by atoms with Crippen LogP contribution in [0.25, 0.3) is 0 Å². The third-order valence-electron chi connectivity index (χ3n) is 1.22. The van der Waals surface area contributed by atoms with Gasteiger partial charge in [0, 0.05) is 5.69 Å². The topological polar surface area (TPSA) is 63.3 Å². The highest BCUT2D eigenvalue weighted by molar-refractivity contribution is 5.88. The maximum absolute atomic E-state index is 12.6. The second-order valence-corrected chi connectivity index (χ2v) is 2.04. The van der Waals surface area contributed by atoms with E-state index in [4.69, 9.17) is 10.8 Å². The molecule has 1 rings (SSSR count). The van der Waals surface area contributed by atoms with Crippen LogP contribution in [0.5, 0.6) is 0 Å². The minimum absolute atomic E-state index is 0. The maximum atomic E-state index is 12.6. The third kappa shape index (κ3) is 2.10. The van der Waals surface area contributed by atoms with Gasteiger partial charge in [0.25, 0.3) is 0 Å². The molecule has 0 unspecified atom stereocenters. The van der Waals surface area contributed by atoms with Gasteiger partial charge in [-0.3, -0.25) is 0 Å². The number of nitrogens with two attached hydrogens (primary N) is 1. The van der Waals surface area contributed by atoms with E-state index in [0.29, 0.717) is 0 Å². The van der Waals surface area contributed by atoms with Gasteiger partial charge in [0.1, 0.15) is 5.82 Å². The average molecular weight is 192 g/mol. The number of carboxylic acid groups (broad SMARTS) is 1. The molecule has 1 aromatic rings. The normalized spacial score (nSPS) is 8.75. The lowest BCUT2D eigenvalue weighted by molar-refractivity contribution is 0.0692. The van der Waals surface area contributed by atoms with E-state index in [0.717, 1.165) is 12.1 Å². The van der Waals surface area contributed by atoms with Crippen molar-refractivity contribution in [1.29, 1.82) is 0 Å². The lowest BCUT2D eigenvalue weighted by Crippen LogP contribution is -2.00. The molecule has 66 valence electrons. The molecule has 0 radical (unpaired) electrons. The molecule has 0 aromatic heterocycles. The number of carboxylic acids is 1. The zero-order chi connectivity index (χ0) is 8.43. The lowest BCUT2D eigenvalue weighted by atomic mass is 10.2. The quantitative estimate of drug-likeness (QED) is 0.662. The zero-order valence-electron chi connectivity index (χ0n) is 5.95. The van der Waals surface area contributed by atoms with Gasteiger partial charge in [-0.05, 0) is 18.2 Å². The van der Waals surface area contributed by atoms with Gasteiger partial charge in [-0.25, -0.2) is 9.18 Å².